The molecule has 25 heavy (non-hydrogen) atoms. The van der Waals surface area contributed by atoms with Gasteiger partial charge in [-0.3, -0.25) is 4.99 Å². The van der Waals surface area contributed by atoms with Crippen molar-refractivity contribution in [2.75, 3.05) is 13.8 Å². The molecule has 4 rings (SSSR count). The number of nitrogens with zero attached hydrogens (tertiary/aromatic N) is 3. The fourth-order valence-electron chi connectivity index (χ4n) is 2.53. The standard InChI is InChI=1S/C18H14BrN3O2S/c1-20-18-22(15(10-25-18)13-3-2-4-14(19)8-13)21-9-12-5-6-16-17(7-12)24-11-23-16/h2-10H,11H2,1H3. The second kappa shape index (κ2) is 6.85. The molecule has 2 heterocycles. The summed E-state index contributed by atoms with van der Waals surface area (Å²) in [5.41, 5.74) is 3.00. The molecule has 0 radical (unpaired) electrons. The number of halogens is 1. The van der Waals surface area contributed by atoms with Crippen LogP contribution in [-0.2, 0) is 0 Å². The van der Waals surface area contributed by atoms with Crippen molar-refractivity contribution in [2.24, 2.45) is 10.1 Å². The summed E-state index contributed by atoms with van der Waals surface area (Å²) in [7, 11) is 1.77. The maximum absolute atomic E-state index is 5.41. The van der Waals surface area contributed by atoms with E-state index in [2.05, 4.69) is 43.5 Å². The summed E-state index contributed by atoms with van der Waals surface area (Å²) < 4.78 is 13.6. The molecule has 0 aliphatic carbocycles. The van der Waals surface area contributed by atoms with Gasteiger partial charge in [-0.15, -0.1) is 11.3 Å². The van der Waals surface area contributed by atoms with E-state index in [4.69, 9.17) is 9.47 Å². The van der Waals surface area contributed by atoms with Crippen molar-refractivity contribution in [1.82, 2.24) is 4.68 Å². The predicted molar refractivity (Wildman–Crippen MR) is 102 cm³/mol. The quantitative estimate of drug-likeness (QED) is 0.604. The van der Waals surface area contributed by atoms with Gasteiger partial charge in [0.05, 0.1) is 11.9 Å². The van der Waals surface area contributed by atoms with Crippen LogP contribution in [0.5, 0.6) is 11.5 Å². The van der Waals surface area contributed by atoms with Gasteiger partial charge in [0, 0.05) is 22.5 Å². The first kappa shape index (κ1) is 16.1. The van der Waals surface area contributed by atoms with Crippen LogP contribution in [0.3, 0.4) is 0 Å². The maximum atomic E-state index is 5.41. The first-order valence-electron chi connectivity index (χ1n) is 7.58. The van der Waals surface area contributed by atoms with Crippen LogP contribution in [0.25, 0.3) is 11.3 Å². The van der Waals surface area contributed by atoms with Gasteiger partial charge < -0.3 is 9.47 Å². The van der Waals surface area contributed by atoms with E-state index in [1.54, 1.807) is 24.6 Å². The summed E-state index contributed by atoms with van der Waals surface area (Å²) in [6.07, 6.45) is 1.80. The molecule has 0 saturated carbocycles. The van der Waals surface area contributed by atoms with Crippen LogP contribution in [0.4, 0.5) is 0 Å². The molecular formula is C18H14BrN3O2S. The Morgan fingerprint density at radius 2 is 2.04 bits per heavy atom. The summed E-state index contributed by atoms with van der Waals surface area (Å²) in [5.74, 6) is 1.51. The minimum atomic E-state index is 0.265. The minimum Gasteiger partial charge on any atom is -0.454 e. The van der Waals surface area contributed by atoms with E-state index < -0.39 is 0 Å². The highest BCUT2D eigenvalue weighted by molar-refractivity contribution is 9.10. The third-order valence-electron chi connectivity index (χ3n) is 3.72. The van der Waals surface area contributed by atoms with Crippen LogP contribution in [0.2, 0.25) is 0 Å². The molecule has 0 bridgehead atoms. The monoisotopic (exact) mass is 415 g/mol. The Labute approximate surface area is 157 Å². The Morgan fingerprint density at radius 1 is 1.16 bits per heavy atom. The van der Waals surface area contributed by atoms with Crippen molar-refractivity contribution in [3.8, 4) is 22.8 Å². The van der Waals surface area contributed by atoms with Crippen LogP contribution < -0.4 is 14.3 Å². The zero-order valence-corrected chi connectivity index (χ0v) is 15.8. The first-order valence-corrected chi connectivity index (χ1v) is 9.25. The molecule has 1 aromatic heterocycles. The Balaban J connectivity index is 1.74. The highest BCUT2D eigenvalue weighted by atomic mass is 79.9. The molecular weight excluding hydrogens is 402 g/mol. The van der Waals surface area contributed by atoms with Crippen LogP contribution >= 0.6 is 27.3 Å². The van der Waals surface area contributed by atoms with Gasteiger partial charge in [-0.2, -0.15) is 5.10 Å². The van der Waals surface area contributed by atoms with Gasteiger partial charge in [-0.1, -0.05) is 28.1 Å². The number of thiazole rings is 1. The summed E-state index contributed by atoms with van der Waals surface area (Å²) in [6.45, 7) is 0.265. The molecule has 0 N–H and O–H groups in total. The second-order valence-corrected chi connectivity index (χ2v) is 7.06. The molecule has 0 fully saturated rings. The van der Waals surface area contributed by atoms with Crippen LogP contribution in [0.1, 0.15) is 5.56 Å². The van der Waals surface area contributed by atoms with E-state index in [0.717, 1.165) is 37.6 Å². The van der Waals surface area contributed by atoms with Gasteiger partial charge in [0.2, 0.25) is 11.6 Å². The molecule has 0 saturated heterocycles. The van der Waals surface area contributed by atoms with Crippen molar-refractivity contribution in [3.05, 3.63) is 62.7 Å². The maximum Gasteiger partial charge on any atom is 0.231 e. The average Bonchev–Trinajstić information content (AvgIpc) is 3.25. The lowest BCUT2D eigenvalue weighted by Crippen LogP contribution is -2.11. The third-order valence-corrected chi connectivity index (χ3v) is 5.12. The molecule has 126 valence electrons. The van der Waals surface area contributed by atoms with E-state index in [1.165, 1.54) is 0 Å². The van der Waals surface area contributed by atoms with Crippen molar-refractivity contribution >= 4 is 33.5 Å². The second-order valence-electron chi connectivity index (χ2n) is 5.31. The summed E-state index contributed by atoms with van der Waals surface area (Å²) >= 11 is 5.07. The Morgan fingerprint density at radius 3 is 2.88 bits per heavy atom. The summed E-state index contributed by atoms with van der Waals surface area (Å²) in [6, 6.07) is 13.9. The van der Waals surface area contributed by atoms with Gasteiger partial charge in [-0.25, -0.2) is 4.68 Å². The van der Waals surface area contributed by atoms with Crippen molar-refractivity contribution in [2.45, 2.75) is 0 Å². The number of ether oxygens (including phenoxy) is 2. The number of hydrogen-bond donors (Lipinski definition) is 0. The van der Waals surface area contributed by atoms with E-state index in [-0.39, 0.29) is 6.79 Å². The normalized spacial score (nSPS) is 13.8. The van der Waals surface area contributed by atoms with Gasteiger partial charge in [-0.05, 0) is 35.9 Å². The Bertz CT molecular complexity index is 1020. The zero-order chi connectivity index (χ0) is 17.2. The average molecular weight is 416 g/mol. The zero-order valence-electron chi connectivity index (χ0n) is 13.3. The highest BCUT2D eigenvalue weighted by Gasteiger charge is 2.13. The number of rotatable bonds is 3. The first-order chi connectivity index (χ1) is 12.2. The van der Waals surface area contributed by atoms with Crippen LogP contribution in [0, 0.1) is 0 Å². The van der Waals surface area contributed by atoms with Gasteiger partial charge >= 0.3 is 0 Å². The number of fused-ring (bicyclic) bond motifs is 1. The molecule has 1 aliphatic rings. The molecule has 0 amide bonds. The van der Waals surface area contributed by atoms with Crippen molar-refractivity contribution in [3.63, 3.8) is 0 Å². The lowest BCUT2D eigenvalue weighted by molar-refractivity contribution is 0.174. The van der Waals surface area contributed by atoms with Gasteiger partial charge in [0.15, 0.2) is 11.5 Å². The molecule has 7 heteroatoms. The third kappa shape index (κ3) is 3.25. The predicted octanol–water partition coefficient (Wildman–Crippen LogP) is 4.12. The fraction of sp³-hybridized carbons (Fsp3) is 0.111. The topological polar surface area (TPSA) is 48.1 Å². The van der Waals surface area contributed by atoms with E-state index in [9.17, 15) is 0 Å². The summed E-state index contributed by atoms with van der Waals surface area (Å²) in [4.78, 5) is 5.15. The molecule has 0 spiro atoms. The fourth-order valence-corrected chi connectivity index (χ4v) is 3.73. The minimum absolute atomic E-state index is 0.265. The van der Waals surface area contributed by atoms with E-state index >= 15 is 0 Å². The largest absolute Gasteiger partial charge is 0.454 e. The number of aromatic nitrogens is 1. The lowest BCUT2D eigenvalue weighted by Gasteiger charge is -2.04. The van der Waals surface area contributed by atoms with Crippen molar-refractivity contribution < 1.29 is 9.47 Å². The Kier molecular flexibility index (Phi) is 4.42. The van der Waals surface area contributed by atoms with Gasteiger partial charge in [0.25, 0.3) is 0 Å². The Hall–Kier alpha value is -2.38. The van der Waals surface area contributed by atoms with Crippen LogP contribution in [0.15, 0.2) is 62.4 Å². The number of benzene rings is 2. The molecule has 0 unspecified atom stereocenters. The highest BCUT2D eigenvalue weighted by Crippen LogP contribution is 2.32. The SMILES string of the molecule is CN=c1scc(-c2cccc(Br)c2)n1N=Cc1ccc2c(c1)OCO2. The molecule has 0 atom stereocenters. The molecule has 1 aliphatic heterocycles. The smallest absolute Gasteiger partial charge is 0.231 e. The van der Waals surface area contributed by atoms with Gasteiger partial charge in [0.1, 0.15) is 0 Å². The molecule has 3 aromatic rings. The van der Waals surface area contributed by atoms with E-state index in [1.807, 2.05) is 35.0 Å². The molecule has 2 aromatic carbocycles. The summed E-state index contributed by atoms with van der Waals surface area (Å²) in [5, 5.41) is 6.69. The van der Waals surface area contributed by atoms with Crippen molar-refractivity contribution in [1.29, 1.82) is 0 Å². The van der Waals surface area contributed by atoms with Crippen LogP contribution in [-0.4, -0.2) is 24.7 Å². The lowest BCUT2D eigenvalue weighted by atomic mass is 10.2. The number of hydrogen-bond acceptors (Lipinski definition) is 5. The van der Waals surface area contributed by atoms with E-state index in [0.29, 0.717) is 0 Å². The molecule has 5 nitrogen and oxygen atoms in total.